The Morgan fingerprint density at radius 3 is 1.00 bits per heavy atom. The van der Waals surface area contributed by atoms with E-state index >= 15 is 0 Å². The van der Waals surface area contributed by atoms with E-state index in [9.17, 15) is 19.5 Å². The van der Waals surface area contributed by atoms with Gasteiger partial charge in [-0.1, -0.05) is 294 Å². The van der Waals surface area contributed by atoms with Crippen LogP contribution in [0.1, 0.15) is 335 Å². The van der Waals surface area contributed by atoms with Gasteiger partial charge in [-0.05, 0) is 77.0 Å². The van der Waals surface area contributed by atoms with Crippen molar-refractivity contribution < 1.29 is 42.9 Å². The lowest BCUT2D eigenvalue weighted by Crippen LogP contribution is -2.44. The number of rotatable bonds is 65. The molecule has 2 unspecified atom stereocenters. The Morgan fingerprint density at radius 2 is 0.667 bits per heavy atom. The maximum atomic E-state index is 12.9. The quantitative estimate of drug-likeness (QED) is 0.0195. The molecule has 0 heterocycles. The minimum atomic E-state index is -1.62. The van der Waals surface area contributed by atoms with Crippen LogP contribution in [0, 0.1) is 0 Å². The number of ether oxygens (including phenoxy) is 4. The Balaban J connectivity index is 4.00. The number of hydrogen-bond acceptors (Lipinski definition) is 8. The number of quaternary nitrogens is 1. The number of esters is 2. The van der Waals surface area contributed by atoms with Gasteiger partial charge in [-0.15, -0.1) is 0 Å². The Kier molecular flexibility index (Phi) is 61.1. The number of nitrogens with zero attached hydrogens (tertiary/aromatic N) is 1. The SMILES string of the molecule is CCCCC/C=C\C/C=C\CCCCCCCCCCCC(=O)OCC(COC(OCC[N+](C)(C)C)C(=O)[O-])OC(=O)CCCCCCCCCCCCCCCCCCCCCCCCCCC/C=C\C/C=C\CCCCCCC. The van der Waals surface area contributed by atoms with Crippen molar-refractivity contribution in [3.05, 3.63) is 48.6 Å². The number of hydrogen-bond donors (Lipinski definition) is 0. The first-order valence-electron chi connectivity index (χ1n) is 34.8. The molecule has 0 aromatic heterocycles. The van der Waals surface area contributed by atoms with Crippen molar-refractivity contribution >= 4 is 17.9 Å². The van der Waals surface area contributed by atoms with Crippen molar-refractivity contribution in [3.63, 3.8) is 0 Å². The van der Waals surface area contributed by atoms with Gasteiger partial charge in [0, 0.05) is 12.8 Å². The van der Waals surface area contributed by atoms with Crippen LogP contribution in [-0.4, -0.2) is 82.3 Å². The van der Waals surface area contributed by atoms with E-state index in [0.29, 0.717) is 17.4 Å². The van der Waals surface area contributed by atoms with E-state index < -0.39 is 24.3 Å². The zero-order valence-electron chi connectivity index (χ0n) is 54.2. The molecule has 0 rings (SSSR count). The summed E-state index contributed by atoms with van der Waals surface area (Å²) in [6.07, 6.45) is 77.7. The number of carbonyl (C=O) groups is 3. The van der Waals surface area contributed by atoms with Crippen LogP contribution in [0.3, 0.4) is 0 Å². The van der Waals surface area contributed by atoms with Gasteiger partial charge in [0.15, 0.2) is 12.4 Å². The molecule has 0 aliphatic rings. The summed E-state index contributed by atoms with van der Waals surface area (Å²) in [5.41, 5.74) is 0. The van der Waals surface area contributed by atoms with Gasteiger partial charge in [0.2, 0.25) is 0 Å². The van der Waals surface area contributed by atoms with Gasteiger partial charge in [0.25, 0.3) is 0 Å². The van der Waals surface area contributed by atoms with Gasteiger partial charge in [0.1, 0.15) is 13.2 Å². The lowest BCUT2D eigenvalue weighted by molar-refractivity contribution is -0.870. The van der Waals surface area contributed by atoms with Crippen LogP contribution in [0.2, 0.25) is 0 Å². The zero-order valence-corrected chi connectivity index (χ0v) is 54.2. The third kappa shape index (κ3) is 64.7. The van der Waals surface area contributed by atoms with E-state index in [1.165, 1.54) is 257 Å². The summed E-state index contributed by atoms with van der Waals surface area (Å²) >= 11 is 0. The van der Waals surface area contributed by atoms with E-state index in [0.717, 1.165) is 44.9 Å². The second-order valence-corrected chi connectivity index (χ2v) is 24.8. The molecule has 474 valence electrons. The van der Waals surface area contributed by atoms with E-state index in [1.54, 1.807) is 0 Å². The molecule has 0 aromatic rings. The predicted octanol–water partition coefficient (Wildman–Crippen LogP) is 20.0. The molecule has 0 N–H and O–H groups in total. The summed E-state index contributed by atoms with van der Waals surface area (Å²) < 4.78 is 22.8. The maximum absolute atomic E-state index is 12.9. The molecule has 0 spiro atoms. The summed E-state index contributed by atoms with van der Waals surface area (Å²) in [5.74, 6) is -2.27. The third-order valence-corrected chi connectivity index (χ3v) is 15.5. The molecule has 0 aliphatic carbocycles. The summed E-state index contributed by atoms with van der Waals surface area (Å²) in [6.45, 7) is 4.76. The normalized spacial score (nSPS) is 13.0. The number of aliphatic carboxylic acids is 1. The van der Waals surface area contributed by atoms with Crippen LogP contribution in [0.15, 0.2) is 48.6 Å². The lowest BCUT2D eigenvalue weighted by atomic mass is 10.0. The highest BCUT2D eigenvalue weighted by Crippen LogP contribution is 2.18. The van der Waals surface area contributed by atoms with E-state index in [2.05, 4.69) is 62.5 Å². The number of carbonyl (C=O) groups excluding carboxylic acids is 3. The smallest absolute Gasteiger partial charge is 0.306 e. The fourth-order valence-electron chi connectivity index (χ4n) is 10.2. The molecule has 0 aromatic carbocycles. The van der Waals surface area contributed by atoms with Crippen LogP contribution < -0.4 is 5.11 Å². The molecule has 0 bridgehead atoms. The average Bonchev–Trinajstić information content (AvgIpc) is 3.44. The van der Waals surface area contributed by atoms with Crippen LogP contribution in [-0.2, 0) is 33.3 Å². The molecule has 0 aliphatic heterocycles. The summed E-state index contributed by atoms with van der Waals surface area (Å²) in [6, 6.07) is 0. The van der Waals surface area contributed by atoms with Crippen molar-refractivity contribution in [2.75, 3.05) is 47.5 Å². The van der Waals surface area contributed by atoms with E-state index in [1.807, 2.05) is 21.1 Å². The highest BCUT2D eigenvalue weighted by molar-refractivity contribution is 5.70. The molecule has 81 heavy (non-hydrogen) atoms. The molecular formula is C72H133NO8. The van der Waals surface area contributed by atoms with Crippen LogP contribution in [0.4, 0.5) is 0 Å². The van der Waals surface area contributed by atoms with Gasteiger partial charge in [-0.25, -0.2) is 0 Å². The third-order valence-electron chi connectivity index (χ3n) is 15.5. The monoisotopic (exact) mass is 1140 g/mol. The Morgan fingerprint density at radius 1 is 0.370 bits per heavy atom. The molecule has 0 radical (unpaired) electrons. The number of unbranched alkanes of at least 4 members (excludes halogenated alkanes) is 42. The van der Waals surface area contributed by atoms with Gasteiger partial charge < -0.3 is 33.3 Å². The lowest BCUT2D eigenvalue weighted by Gasteiger charge is -2.26. The van der Waals surface area contributed by atoms with Crippen molar-refractivity contribution in [1.29, 1.82) is 0 Å². The first-order valence-corrected chi connectivity index (χ1v) is 34.8. The fraction of sp³-hybridized carbons (Fsp3) is 0.847. The minimum absolute atomic E-state index is 0.148. The highest BCUT2D eigenvalue weighted by Gasteiger charge is 2.22. The van der Waals surface area contributed by atoms with Gasteiger partial charge in [-0.2, -0.15) is 0 Å². The zero-order chi connectivity index (χ0) is 59.1. The standard InChI is InChI=1S/C72H133NO8/c1-6-8-10-12-14-16-18-20-22-24-26-27-28-29-30-31-32-33-34-35-36-37-38-39-40-41-42-43-45-47-49-51-53-55-57-59-61-63-70(75)81-68(67-80-72(71(76)77)78-65-64-73(3,4)5)66-79-69(74)62-60-58-56-54-52-50-48-46-44-25-23-21-19-17-15-13-11-9-7-2/h15,17-18,20-21,23-24,26,68,72H,6-14,16,19,22,25,27-67H2,1-5H3/b17-15-,20-18-,23-21-,26-24-. The number of carboxylic acids is 1. The number of likely N-dealkylation sites (N-methyl/N-ethyl adjacent to an activating group) is 1. The highest BCUT2D eigenvalue weighted by atomic mass is 16.7. The number of allylic oxidation sites excluding steroid dienone is 8. The van der Waals surface area contributed by atoms with E-state index in [4.69, 9.17) is 18.9 Å². The molecule has 0 fully saturated rings. The van der Waals surface area contributed by atoms with Gasteiger partial charge in [-0.3, -0.25) is 9.59 Å². The molecule has 0 saturated carbocycles. The topological polar surface area (TPSA) is 111 Å². The fourth-order valence-corrected chi connectivity index (χ4v) is 10.2. The van der Waals surface area contributed by atoms with Gasteiger partial charge in [0.05, 0.1) is 40.3 Å². The Hall–Kier alpha value is -2.75. The van der Waals surface area contributed by atoms with Crippen molar-refractivity contribution in [3.8, 4) is 0 Å². The largest absolute Gasteiger partial charge is 0.545 e. The Labute approximate surface area is 502 Å². The first-order chi connectivity index (χ1) is 39.6. The van der Waals surface area contributed by atoms with Crippen molar-refractivity contribution in [1.82, 2.24) is 0 Å². The summed E-state index contributed by atoms with van der Waals surface area (Å²) in [4.78, 5) is 37.4. The molecule has 0 saturated heterocycles. The van der Waals surface area contributed by atoms with Crippen LogP contribution in [0.5, 0.6) is 0 Å². The van der Waals surface area contributed by atoms with E-state index in [-0.39, 0.29) is 38.6 Å². The molecule has 9 nitrogen and oxygen atoms in total. The maximum Gasteiger partial charge on any atom is 0.306 e. The Bertz CT molecular complexity index is 1470. The molecule has 0 amide bonds. The second-order valence-electron chi connectivity index (χ2n) is 24.8. The predicted molar refractivity (Wildman–Crippen MR) is 343 cm³/mol. The summed E-state index contributed by atoms with van der Waals surface area (Å²) in [5, 5.41) is 11.8. The second kappa shape index (κ2) is 63.3. The van der Waals surface area contributed by atoms with Gasteiger partial charge >= 0.3 is 11.9 Å². The molecular weight excluding hydrogens is 1010 g/mol. The van der Waals surface area contributed by atoms with Crippen LogP contribution >= 0.6 is 0 Å². The first kappa shape index (κ1) is 78.2. The van der Waals surface area contributed by atoms with Crippen LogP contribution in [0.25, 0.3) is 0 Å². The van der Waals surface area contributed by atoms with Crippen molar-refractivity contribution in [2.45, 2.75) is 347 Å². The number of carboxylic acid groups (broad SMARTS) is 1. The summed E-state index contributed by atoms with van der Waals surface area (Å²) in [7, 11) is 5.94. The molecule has 2 atom stereocenters. The minimum Gasteiger partial charge on any atom is -0.545 e. The average molecular weight is 1140 g/mol. The molecule has 9 heteroatoms. The van der Waals surface area contributed by atoms with Crippen molar-refractivity contribution in [2.24, 2.45) is 0 Å².